The van der Waals surface area contributed by atoms with Gasteiger partial charge in [-0.1, -0.05) is 49.1 Å². The van der Waals surface area contributed by atoms with E-state index in [0.717, 1.165) is 31.4 Å². The van der Waals surface area contributed by atoms with E-state index >= 15 is 0 Å². The zero-order valence-corrected chi connectivity index (χ0v) is 15.2. The number of anilines is 1. The lowest BCUT2D eigenvalue weighted by molar-refractivity contribution is -0.122. The number of carbonyl (C=O) groups is 2. The molecule has 1 fully saturated rings. The number of amides is 1. The molecule has 1 aliphatic rings. The lowest BCUT2D eigenvalue weighted by atomic mass is 9.93. The molecule has 0 N–H and O–H groups in total. The topological polar surface area (TPSA) is 59.5 Å². The minimum absolute atomic E-state index is 0.0919. The maximum atomic E-state index is 12.8. The van der Waals surface area contributed by atoms with Crippen LogP contribution in [0, 0.1) is 0 Å². The zero-order chi connectivity index (χ0) is 18.4. The summed E-state index contributed by atoms with van der Waals surface area (Å²) in [7, 11) is 0. The number of para-hydroxylation sites is 1. The lowest BCUT2D eigenvalue weighted by Crippen LogP contribution is -2.43. The van der Waals surface area contributed by atoms with Gasteiger partial charge in [-0.3, -0.25) is 4.79 Å². The SMILES string of the molecule is O=C(OCC(=O)N(c1ccccc1)C1CCCCC1)c1cc(Cl)ccn1. The van der Waals surface area contributed by atoms with Gasteiger partial charge in [-0.15, -0.1) is 0 Å². The van der Waals surface area contributed by atoms with Crippen LogP contribution in [0.1, 0.15) is 42.6 Å². The fourth-order valence-electron chi connectivity index (χ4n) is 3.27. The third-order valence-corrected chi connectivity index (χ3v) is 4.74. The average Bonchev–Trinajstić information content (AvgIpc) is 2.68. The number of benzene rings is 1. The molecule has 1 aromatic carbocycles. The number of hydrogen-bond acceptors (Lipinski definition) is 4. The summed E-state index contributed by atoms with van der Waals surface area (Å²) >= 11 is 5.86. The number of esters is 1. The van der Waals surface area contributed by atoms with Crippen LogP contribution in [0.3, 0.4) is 0 Å². The summed E-state index contributed by atoms with van der Waals surface area (Å²) < 4.78 is 5.19. The van der Waals surface area contributed by atoms with E-state index in [2.05, 4.69) is 4.98 Å². The number of rotatable bonds is 5. The smallest absolute Gasteiger partial charge is 0.357 e. The molecule has 0 unspecified atom stereocenters. The maximum Gasteiger partial charge on any atom is 0.357 e. The Labute approximate surface area is 157 Å². The molecule has 2 aromatic rings. The molecule has 5 nitrogen and oxygen atoms in total. The van der Waals surface area contributed by atoms with Crippen molar-refractivity contribution in [2.75, 3.05) is 11.5 Å². The Balaban J connectivity index is 1.70. The highest BCUT2D eigenvalue weighted by molar-refractivity contribution is 6.30. The van der Waals surface area contributed by atoms with Crippen molar-refractivity contribution >= 4 is 29.2 Å². The third-order valence-electron chi connectivity index (χ3n) is 4.50. The number of pyridine rings is 1. The van der Waals surface area contributed by atoms with Gasteiger partial charge in [0.25, 0.3) is 5.91 Å². The predicted molar refractivity (Wildman–Crippen MR) is 100 cm³/mol. The minimum Gasteiger partial charge on any atom is -0.451 e. The normalized spacial score (nSPS) is 14.7. The van der Waals surface area contributed by atoms with Crippen LogP contribution in [0.15, 0.2) is 48.7 Å². The fourth-order valence-corrected chi connectivity index (χ4v) is 3.43. The summed E-state index contributed by atoms with van der Waals surface area (Å²) in [5.41, 5.74) is 0.926. The first-order chi connectivity index (χ1) is 12.6. The molecule has 1 aliphatic carbocycles. The number of carbonyl (C=O) groups excluding carboxylic acids is 2. The standard InChI is InChI=1S/C20H21ClN2O3/c21-15-11-12-22-18(13-15)20(25)26-14-19(24)23(16-7-3-1-4-8-16)17-9-5-2-6-10-17/h1,3-4,7-8,11-13,17H,2,5-6,9-10,14H2. The molecule has 1 heterocycles. The second-order valence-corrected chi connectivity index (χ2v) is 6.76. The van der Waals surface area contributed by atoms with Crippen molar-refractivity contribution in [2.24, 2.45) is 0 Å². The quantitative estimate of drug-likeness (QED) is 0.736. The predicted octanol–water partition coefficient (Wildman–Crippen LogP) is 4.26. The number of ether oxygens (including phenoxy) is 1. The van der Waals surface area contributed by atoms with Crippen LogP contribution in [0.5, 0.6) is 0 Å². The van der Waals surface area contributed by atoms with Crippen molar-refractivity contribution in [3.63, 3.8) is 0 Å². The van der Waals surface area contributed by atoms with Crippen molar-refractivity contribution < 1.29 is 14.3 Å². The molecule has 136 valence electrons. The van der Waals surface area contributed by atoms with E-state index in [9.17, 15) is 9.59 Å². The molecular formula is C20H21ClN2O3. The molecule has 26 heavy (non-hydrogen) atoms. The van der Waals surface area contributed by atoms with Gasteiger partial charge in [-0.2, -0.15) is 0 Å². The summed E-state index contributed by atoms with van der Waals surface area (Å²) in [5.74, 6) is -0.879. The Hall–Kier alpha value is -2.40. The van der Waals surface area contributed by atoms with Gasteiger partial charge in [0.05, 0.1) is 0 Å². The summed E-state index contributed by atoms with van der Waals surface area (Å²) in [4.78, 5) is 30.7. The van der Waals surface area contributed by atoms with Crippen LogP contribution in [0.4, 0.5) is 5.69 Å². The van der Waals surface area contributed by atoms with Crippen LogP contribution < -0.4 is 4.90 Å². The van der Waals surface area contributed by atoms with Gasteiger partial charge < -0.3 is 9.64 Å². The van der Waals surface area contributed by atoms with E-state index < -0.39 is 5.97 Å². The molecule has 0 aliphatic heterocycles. The van der Waals surface area contributed by atoms with Crippen LogP contribution in [0.25, 0.3) is 0 Å². The molecule has 0 spiro atoms. The van der Waals surface area contributed by atoms with Gasteiger partial charge in [-0.05, 0) is 37.1 Å². The number of halogens is 1. The van der Waals surface area contributed by atoms with E-state index in [-0.39, 0.29) is 24.2 Å². The summed E-state index contributed by atoms with van der Waals surface area (Å²) in [6.07, 6.45) is 6.76. The van der Waals surface area contributed by atoms with E-state index in [1.165, 1.54) is 18.7 Å². The summed E-state index contributed by atoms with van der Waals surface area (Å²) in [6.45, 7) is -0.321. The molecule has 6 heteroatoms. The Morgan fingerprint density at radius 2 is 1.85 bits per heavy atom. The van der Waals surface area contributed by atoms with E-state index in [4.69, 9.17) is 16.3 Å². The lowest BCUT2D eigenvalue weighted by Gasteiger charge is -2.34. The summed E-state index contributed by atoms with van der Waals surface area (Å²) in [5, 5.41) is 0.395. The largest absolute Gasteiger partial charge is 0.451 e. The second kappa shape index (κ2) is 8.81. The van der Waals surface area contributed by atoms with Gasteiger partial charge in [0.2, 0.25) is 0 Å². The van der Waals surface area contributed by atoms with Gasteiger partial charge >= 0.3 is 5.97 Å². The highest BCUT2D eigenvalue weighted by Gasteiger charge is 2.27. The Morgan fingerprint density at radius 1 is 1.12 bits per heavy atom. The van der Waals surface area contributed by atoms with Crippen molar-refractivity contribution in [2.45, 2.75) is 38.1 Å². The van der Waals surface area contributed by atoms with E-state index in [1.54, 1.807) is 11.0 Å². The highest BCUT2D eigenvalue weighted by Crippen LogP contribution is 2.27. The monoisotopic (exact) mass is 372 g/mol. The van der Waals surface area contributed by atoms with Gasteiger partial charge in [0.1, 0.15) is 5.69 Å². The molecule has 3 rings (SSSR count). The average molecular weight is 373 g/mol. The summed E-state index contributed by atoms with van der Waals surface area (Å²) in [6, 6.07) is 12.7. The van der Waals surface area contributed by atoms with Gasteiger partial charge in [0, 0.05) is 22.9 Å². The van der Waals surface area contributed by atoms with Crippen molar-refractivity contribution in [1.82, 2.24) is 4.98 Å². The fraction of sp³-hybridized carbons (Fsp3) is 0.350. The first-order valence-electron chi connectivity index (χ1n) is 8.81. The molecule has 1 amide bonds. The molecule has 1 aromatic heterocycles. The third kappa shape index (κ3) is 4.61. The maximum absolute atomic E-state index is 12.8. The number of aromatic nitrogens is 1. The van der Waals surface area contributed by atoms with E-state index in [0.29, 0.717) is 5.02 Å². The number of hydrogen-bond donors (Lipinski definition) is 0. The van der Waals surface area contributed by atoms with Gasteiger partial charge in [-0.25, -0.2) is 9.78 Å². The molecular weight excluding hydrogens is 352 g/mol. The molecule has 0 atom stereocenters. The Kier molecular flexibility index (Phi) is 6.23. The van der Waals surface area contributed by atoms with Crippen LogP contribution in [-0.2, 0) is 9.53 Å². The Morgan fingerprint density at radius 3 is 2.54 bits per heavy atom. The zero-order valence-electron chi connectivity index (χ0n) is 14.4. The Bertz CT molecular complexity index is 761. The van der Waals surface area contributed by atoms with Crippen molar-refractivity contribution in [3.05, 3.63) is 59.4 Å². The van der Waals surface area contributed by atoms with Crippen molar-refractivity contribution in [1.29, 1.82) is 0 Å². The second-order valence-electron chi connectivity index (χ2n) is 6.33. The van der Waals surface area contributed by atoms with E-state index in [1.807, 2.05) is 30.3 Å². The van der Waals surface area contributed by atoms with Gasteiger partial charge in [0.15, 0.2) is 6.61 Å². The minimum atomic E-state index is -0.655. The van der Waals surface area contributed by atoms with Crippen molar-refractivity contribution in [3.8, 4) is 0 Å². The number of nitrogens with zero attached hydrogens (tertiary/aromatic N) is 2. The molecule has 1 saturated carbocycles. The first kappa shape index (κ1) is 18.4. The van der Waals surface area contributed by atoms with Crippen LogP contribution >= 0.6 is 11.6 Å². The molecule has 0 bridgehead atoms. The highest BCUT2D eigenvalue weighted by atomic mass is 35.5. The van der Waals surface area contributed by atoms with Crippen LogP contribution in [0.2, 0.25) is 5.02 Å². The molecule has 0 saturated heterocycles. The molecule has 0 radical (unpaired) electrons. The van der Waals surface area contributed by atoms with Crippen LogP contribution in [-0.4, -0.2) is 29.5 Å². The first-order valence-corrected chi connectivity index (χ1v) is 9.19.